The maximum atomic E-state index is 13.4. The first-order valence-corrected chi connectivity index (χ1v) is 5.17. The Kier molecular flexibility index (Phi) is 3.41. The molecule has 0 aliphatic rings. The van der Waals surface area contributed by atoms with Gasteiger partial charge < -0.3 is 10.5 Å². The number of rotatable bonds is 3. The molecule has 0 unspecified atom stereocenters. The number of nitrogen functional groups attached to an aromatic ring is 1. The molecule has 0 amide bonds. The van der Waals surface area contributed by atoms with Crippen molar-refractivity contribution in [3.8, 4) is 5.75 Å². The van der Waals surface area contributed by atoms with Gasteiger partial charge in [-0.1, -0.05) is 0 Å². The Bertz CT molecular complexity index is 552. The van der Waals surface area contributed by atoms with Gasteiger partial charge in [0.25, 0.3) is 0 Å². The van der Waals surface area contributed by atoms with Crippen LogP contribution in [0.1, 0.15) is 5.56 Å². The second-order valence-corrected chi connectivity index (χ2v) is 3.76. The number of ether oxygens (including phenoxy) is 1. The minimum atomic E-state index is -0.702. The largest absolute Gasteiger partial charge is 0.486 e. The fraction of sp³-hybridized carbons (Fsp3) is 0.0769. The van der Waals surface area contributed by atoms with Crippen LogP contribution < -0.4 is 10.5 Å². The van der Waals surface area contributed by atoms with E-state index in [9.17, 15) is 13.2 Å². The summed E-state index contributed by atoms with van der Waals surface area (Å²) in [5.74, 6) is -2.04. The van der Waals surface area contributed by atoms with Gasteiger partial charge in [-0.2, -0.15) is 0 Å². The van der Waals surface area contributed by atoms with Gasteiger partial charge in [0.15, 0.2) is 11.6 Å². The van der Waals surface area contributed by atoms with Gasteiger partial charge in [-0.05, 0) is 29.8 Å². The van der Waals surface area contributed by atoms with Gasteiger partial charge in [0, 0.05) is 17.8 Å². The van der Waals surface area contributed by atoms with Crippen LogP contribution in [0, 0.1) is 17.5 Å². The summed E-state index contributed by atoms with van der Waals surface area (Å²) in [5, 5.41) is 0. The summed E-state index contributed by atoms with van der Waals surface area (Å²) in [6, 6.07) is 6.95. The Morgan fingerprint density at radius 2 is 1.61 bits per heavy atom. The van der Waals surface area contributed by atoms with Crippen molar-refractivity contribution in [2.24, 2.45) is 0 Å². The molecule has 0 aliphatic heterocycles. The number of benzene rings is 2. The minimum absolute atomic E-state index is 0.0196. The van der Waals surface area contributed by atoms with E-state index in [2.05, 4.69) is 0 Å². The number of nitrogens with two attached hydrogens (primary N) is 1. The van der Waals surface area contributed by atoms with Gasteiger partial charge >= 0.3 is 0 Å². The molecule has 0 aromatic heterocycles. The Hall–Kier alpha value is -2.17. The molecule has 0 bridgehead atoms. The Balaban J connectivity index is 2.11. The van der Waals surface area contributed by atoms with Crippen LogP contribution in [0.5, 0.6) is 5.75 Å². The molecule has 0 saturated heterocycles. The SMILES string of the molecule is Nc1ccc(OCc2cc(F)cc(F)c2)c(F)c1. The molecule has 2 aromatic rings. The van der Waals surface area contributed by atoms with Gasteiger partial charge in [0.1, 0.15) is 18.2 Å². The van der Waals surface area contributed by atoms with Gasteiger partial charge in [0.2, 0.25) is 0 Å². The molecule has 2 rings (SSSR count). The van der Waals surface area contributed by atoms with Gasteiger partial charge in [-0.15, -0.1) is 0 Å². The highest BCUT2D eigenvalue weighted by atomic mass is 19.1. The van der Waals surface area contributed by atoms with Crippen molar-refractivity contribution in [2.45, 2.75) is 6.61 Å². The third-order valence-corrected chi connectivity index (χ3v) is 2.27. The second-order valence-electron chi connectivity index (χ2n) is 3.76. The van der Waals surface area contributed by atoms with Crippen LogP contribution in [0.15, 0.2) is 36.4 Å². The van der Waals surface area contributed by atoms with Gasteiger partial charge in [0.05, 0.1) is 0 Å². The number of halogens is 3. The van der Waals surface area contributed by atoms with Crippen molar-refractivity contribution in [1.82, 2.24) is 0 Å². The molecule has 2 aromatic carbocycles. The van der Waals surface area contributed by atoms with E-state index in [1.807, 2.05) is 0 Å². The fourth-order valence-electron chi connectivity index (χ4n) is 1.49. The van der Waals surface area contributed by atoms with Crippen molar-refractivity contribution < 1.29 is 17.9 Å². The van der Waals surface area contributed by atoms with Crippen molar-refractivity contribution >= 4 is 5.69 Å². The van der Waals surface area contributed by atoms with Crippen LogP contribution in [0.4, 0.5) is 18.9 Å². The average molecular weight is 253 g/mol. The van der Waals surface area contributed by atoms with E-state index in [1.54, 1.807) is 0 Å². The summed E-state index contributed by atoms with van der Waals surface area (Å²) in [6.07, 6.45) is 0. The standard InChI is InChI=1S/C13H10F3NO/c14-9-3-8(4-10(15)5-9)7-18-13-2-1-11(17)6-12(13)16/h1-6H,7,17H2. The molecular formula is C13H10F3NO. The van der Waals surface area contributed by atoms with Gasteiger partial charge in [-0.3, -0.25) is 0 Å². The summed E-state index contributed by atoms with van der Waals surface area (Å²) in [7, 11) is 0. The highest BCUT2D eigenvalue weighted by molar-refractivity contribution is 5.42. The van der Waals surface area contributed by atoms with Gasteiger partial charge in [-0.25, -0.2) is 13.2 Å². The molecule has 0 aliphatic carbocycles. The number of hydrogen-bond donors (Lipinski definition) is 1. The zero-order valence-electron chi connectivity index (χ0n) is 9.29. The van der Waals surface area contributed by atoms with Crippen LogP contribution >= 0.6 is 0 Å². The van der Waals surface area contributed by atoms with E-state index in [-0.39, 0.29) is 23.6 Å². The molecule has 2 nitrogen and oxygen atoms in total. The molecule has 0 fully saturated rings. The zero-order chi connectivity index (χ0) is 13.1. The lowest BCUT2D eigenvalue weighted by Gasteiger charge is -2.08. The molecule has 0 radical (unpaired) electrons. The monoisotopic (exact) mass is 253 g/mol. The van der Waals surface area contributed by atoms with Crippen LogP contribution in [0.3, 0.4) is 0 Å². The summed E-state index contributed by atoms with van der Waals surface area (Å²) in [5.41, 5.74) is 5.94. The summed E-state index contributed by atoms with van der Waals surface area (Å²) < 4.78 is 44.3. The molecular weight excluding hydrogens is 243 g/mol. The lowest BCUT2D eigenvalue weighted by molar-refractivity contribution is 0.289. The van der Waals surface area contributed by atoms with E-state index < -0.39 is 17.5 Å². The van der Waals surface area contributed by atoms with E-state index >= 15 is 0 Å². The number of hydrogen-bond acceptors (Lipinski definition) is 2. The number of anilines is 1. The molecule has 5 heteroatoms. The molecule has 0 saturated carbocycles. The smallest absolute Gasteiger partial charge is 0.167 e. The van der Waals surface area contributed by atoms with Crippen molar-refractivity contribution in [1.29, 1.82) is 0 Å². The maximum Gasteiger partial charge on any atom is 0.167 e. The summed E-state index contributed by atoms with van der Waals surface area (Å²) in [4.78, 5) is 0. The molecule has 2 N–H and O–H groups in total. The lowest BCUT2D eigenvalue weighted by atomic mass is 10.2. The fourth-order valence-corrected chi connectivity index (χ4v) is 1.49. The third-order valence-electron chi connectivity index (χ3n) is 2.27. The zero-order valence-corrected chi connectivity index (χ0v) is 9.29. The first-order valence-electron chi connectivity index (χ1n) is 5.17. The predicted molar refractivity (Wildman–Crippen MR) is 61.5 cm³/mol. The van der Waals surface area contributed by atoms with Crippen LogP contribution in [0.25, 0.3) is 0 Å². The molecule has 94 valence electrons. The summed E-state index contributed by atoms with van der Waals surface area (Å²) >= 11 is 0. The van der Waals surface area contributed by atoms with E-state index in [1.165, 1.54) is 12.1 Å². The van der Waals surface area contributed by atoms with Crippen LogP contribution in [-0.4, -0.2) is 0 Å². The third kappa shape index (κ3) is 2.94. The Morgan fingerprint density at radius 1 is 0.944 bits per heavy atom. The minimum Gasteiger partial charge on any atom is -0.486 e. The Labute approximate surface area is 102 Å². The van der Waals surface area contributed by atoms with Crippen LogP contribution in [0.2, 0.25) is 0 Å². The second kappa shape index (κ2) is 5.00. The van der Waals surface area contributed by atoms with Crippen molar-refractivity contribution in [3.63, 3.8) is 0 Å². The maximum absolute atomic E-state index is 13.4. The quantitative estimate of drug-likeness (QED) is 0.852. The average Bonchev–Trinajstić information content (AvgIpc) is 2.26. The first-order chi connectivity index (χ1) is 8.54. The van der Waals surface area contributed by atoms with Crippen molar-refractivity contribution in [2.75, 3.05) is 5.73 Å². The summed E-state index contributed by atoms with van der Waals surface area (Å²) in [6.45, 7) is -0.129. The normalized spacial score (nSPS) is 10.4. The molecule has 18 heavy (non-hydrogen) atoms. The van der Waals surface area contributed by atoms with E-state index in [4.69, 9.17) is 10.5 Å². The topological polar surface area (TPSA) is 35.2 Å². The highest BCUT2D eigenvalue weighted by Crippen LogP contribution is 2.20. The van der Waals surface area contributed by atoms with Crippen LogP contribution in [-0.2, 0) is 6.61 Å². The molecule has 0 atom stereocenters. The van der Waals surface area contributed by atoms with Crippen molar-refractivity contribution in [3.05, 3.63) is 59.4 Å². The van der Waals surface area contributed by atoms with E-state index in [0.29, 0.717) is 0 Å². The van der Waals surface area contributed by atoms with E-state index in [0.717, 1.165) is 24.3 Å². The first kappa shape index (κ1) is 12.3. The lowest BCUT2D eigenvalue weighted by Crippen LogP contribution is -1.99. The predicted octanol–water partition coefficient (Wildman–Crippen LogP) is 3.27. The highest BCUT2D eigenvalue weighted by Gasteiger charge is 2.05. The Morgan fingerprint density at radius 3 is 2.22 bits per heavy atom. The molecule has 0 spiro atoms. The molecule has 0 heterocycles.